The Balaban J connectivity index is 2.88. The average Bonchev–Trinajstić information content (AvgIpc) is 2.75. The van der Waals surface area contributed by atoms with Crippen LogP contribution in [0.1, 0.15) is 18.9 Å². The molecule has 0 saturated carbocycles. The number of ether oxygens (including phenoxy) is 1. The number of aryl methyl sites for hydroxylation is 1. The summed E-state index contributed by atoms with van der Waals surface area (Å²) in [6, 6.07) is 0.117. The summed E-state index contributed by atoms with van der Waals surface area (Å²) < 4.78 is 6.88. The van der Waals surface area contributed by atoms with Gasteiger partial charge in [0.2, 0.25) is 6.41 Å². The number of nitrogens with zero attached hydrogens (tertiary/aromatic N) is 3. The predicted octanol–water partition coefficient (Wildman–Crippen LogP) is 0.402. The quantitative estimate of drug-likeness (QED) is 0.682. The minimum Gasteiger partial charge on any atom is -0.384 e. The molecule has 0 aliphatic heterocycles. The Bertz CT molecular complexity index is 376. The maximum atomic E-state index is 10.9. The van der Waals surface area contributed by atoms with E-state index >= 15 is 0 Å². The van der Waals surface area contributed by atoms with Gasteiger partial charge in [-0.2, -0.15) is 5.10 Å². The third-order valence-electron chi connectivity index (χ3n) is 2.75. The number of hydrogen-bond acceptors (Lipinski definition) is 4. The molecule has 1 aromatic rings. The van der Waals surface area contributed by atoms with Gasteiger partial charge in [-0.3, -0.25) is 4.79 Å². The van der Waals surface area contributed by atoms with E-state index < -0.39 is 0 Å². The van der Waals surface area contributed by atoms with Gasteiger partial charge in [-0.05, 0) is 13.3 Å². The van der Waals surface area contributed by atoms with Crippen molar-refractivity contribution in [1.82, 2.24) is 9.78 Å². The monoisotopic (exact) mass is 254 g/mol. The van der Waals surface area contributed by atoms with Crippen LogP contribution in [0.15, 0.2) is 6.20 Å². The molecule has 1 rings (SSSR count). The molecule has 102 valence electrons. The van der Waals surface area contributed by atoms with E-state index in [0.29, 0.717) is 13.2 Å². The lowest BCUT2D eigenvalue weighted by molar-refractivity contribution is -0.107. The van der Waals surface area contributed by atoms with Crippen LogP contribution in [0.2, 0.25) is 0 Å². The third-order valence-corrected chi connectivity index (χ3v) is 2.75. The Labute approximate surface area is 108 Å². The van der Waals surface area contributed by atoms with Crippen molar-refractivity contribution in [3.8, 4) is 0 Å². The molecule has 1 atom stereocenters. The first-order chi connectivity index (χ1) is 8.60. The molecule has 0 aliphatic rings. The summed E-state index contributed by atoms with van der Waals surface area (Å²) in [5, 5.41) is 4.32. The van der Waals surface area contributed by atoms with E-state index in [4.69, 9.17) is 10.5 Å². The van der Waals surface area contributed by atoms with Gasteiger partial charge in [-0.1, -0.05) is 0 Å². The standard InChI is InChI=1S/C12H22N4O2/c1-10(13)4-6-16-12(15(2)9-17)11(8-14-16)5-7-18-3/h8-10H,4-7,13H2,1-3H3. The molecular weight excluding hydrogens is 232 g/mol. The fourth-order valence-electron chi connectivity index (χ4n) is 1.75. The molecule has 0 saturated heterocycles. The van der Waals surface area contributed by atoms with Crippen LogP contribution in [-0.4, -0.2) is 43.0 Å². The number of amides is 1. The minimum atomic E-state index is 0.117. The zero-order valence-corrected chi connectivity index (χ0v) is 11.3. The molecule has 0 aromatic carbocycles. The maximum absolute atomic E-state index is 10.9. The van der Waals surface area contributed by atoms with E-state index in [1.807, 2.05) is 11.6 Å². The van der Waals surface area contributed by atoms with Gasteiger partial charge in [0.05, 0.1) is 12.8 Å². The van der Waals surface area contributed by atoms with Crippen molar-refractivity contribution in [3.05, 3.63) is 11.8 Å². The topological polar surface area (TPSA) is 73.4 Å². The van der Waals surface area contributed by atoms with E-state index in [-0.39, 0.29) is 6.04 Å². The molecule has 1 aromatic heterocycles. The minimum absolute atomic E-state index is 0.117. The van der Waals surface area contributed by atoms with E-state index in [1.165, 1.54) is 0 Å². The zero-order valence-electron chi connectivity index (χ0n) is 11.3. The Hall–Kier alpha value is -1.40. The fraction of sp³-hybridized carbons (Fsp3) is 0.667. The lowest BCUT2D eigenvalue weighted by Gasteiger charge is -2.16. The number of methoxy groups -OCH3 is 1. The number of aromatic nitrogens is 2. The summed E-state index contributed by atoms with van der Waals surface area (Å²) in [6.07, 6.45) is 4.14. The smallest absolute Gasteiger partial charge is 0.215 e. The summed E-state index contributed by atoms with van der Waals surface area (Å²) in [5.41, 5.74) is 6.75. The summed E-state index contributed by atoms with van der Waals surface area (Å²) >= 11 is 0. The second kappa shape index (κ2) is 7.13. The number of hydrogen-bond donors (Lipinski definition) is 1. The van der Waals surface area contributed by atoms with Gasteiger partial charge in [0, 0.05) is 38.7 Å². The molecule has 0 spiro atoms. The second-order valence-electron chi connectivity index (χ2n) is 4.44. The molecule has 0 bridgehead atoms. The van der Waals surface area contributed by atoms with Crippen molar-refractivity contribution in [3.63, 3.8) is 0 Å². The Morgan fingerprint density at radius 1 is 1.67 bits per heavy atom. The van der Waals surface area contributed by atoms with Crippen LogP contribution in [0.25, 0.3) is 0 Å². The fourth-order valence-corrected chi connectivity index (χ4v) is 1.75. The van der Waals surface area contributed by atoms with Gasteiger partial charge in [0.25, 0.3) is 0 Å². The number of rotatable bonds is 8. The molecule has 0 fully saturated rings. The SMILES string of the molecule is COCCc1cnn(CCC(C)N)c1N(C)C=O. The summed E-state index contributed by atoms with van der Waals surface area (Å²) in [6.45, 7) is 3.27. The molecule has 1 unspecified atom stereocenters. The molecular formula is C12H22N4O2. The van der Waals surface area contributed by atoms with Crippen molar-refractivity contribution in [1.29, 1.82) is 0 Å². The van der Waals surface area contributed by atoms with Gasteiger partial charge in [-0.25, -0.2) is 4.68 Å². The van der Waals surface area contributed by atoms with Gasteiger partial charge >= 0.3 is 0 Å². The second-order valence-corrected chi connectivity index (χ2v) is 4.44. The first kappa shape index (κ1) is 14.7. The molecule has 2 N–H and O–H groups in total. The third kappa shape index (κ3) is 3.82. The van der Waals surface area contributed by atoms with E-state index in [2.05, 4.69) is 5.10 Å². The van der Waals surface area contributed by atoms with Crippen LogP contribution >= 0.6 is 0 Å². The highest BCUT2D eigenvalue weighted by molar-refractivity contribution is 5.73. The lowest BCUT2D eigenvalue weighted by atomic mass is 10.2. The molecule has 6 nitrogen and oxygen atoms in total. The number of nitrogens with two attached hydrogens (primary N) is 1. The van der Waals surface area contributed by atoms with Crippen molar-refractivity contribution < 1.29 is 9.53 Å². The number of carbonyl (C=O) groups excluding carboxylic acids is 1. The van der Waals surface area contributed by atoms with Crippen molar-refractivity contribution >= 4 is 12.2 Å². The van der Waals surface area contributed by atoms with Crippen molar-refractivity contribution in [2.45, 2.75) is 32.4 Å². The molecule has 1 heterocycles. The summed E-state index contributed by atoms with van der Waals surface area (Å²) in [7, 11) is 3.38. The van der Waals surface area contributed by atoms with Crippen LogP contribution in [0.5, 0.6) is 0 Å². The average molecular weight is 254 g/mol. The van der Waals surface area contributed by atoms with Crippen LogP contribution < -0.4 is 10.6 Å². The molecule has 0 radical (unpaired) electrons. The van der Waals surface area contributed by atoms with Crippen molar-refractivity contribution in [2.75, 3.05) is 25.7 Å². The van der Waals surface area contributed by atoms with Gasteiger partial charge in [0.1, 0.15) is 5.82 Å². The highest BCUT2D eigenvalue weighted by atomic mass is 16.5. The van der Waals surface area contributed by atoms with Crippen molar-refractivity contribution in [2.24, 2.45) is 5.73 Å². The van der Waals surface area contributed by atoms with Crippen LogP contribution in [0.4, 0.5) is 5.82 Å². The number of carbonyl (C=O) groups is 1. The van der Waals surface area contributed by atoms with Crippen LogP contribution in [-0.2, 0) is 22.5 Å². The maximum Gasteiger partial charge on any atom is 0.215 e. The van der Waals surface area contributed by atoms with Crippen LogP contribution in [0.3, 0.4) is 0 Å². The first-order valence-electron chi connectivity index (χ1n) is 6.07. The molecule has 18 heavy (non-hydrogen) atoms. The van der Waals surface area contributed by atoms with E-state index in [1.54, 1.807) is 25.3 Å². The highest BCUT2D eigenvalue weighted by Crippen LogP contribution is 2.19. The Kier molecular flexibility index (Phi) is 5.80. The zero-order chi connectivity index (χ0) is 13.5. The Morgan fingerprint density at radius 3 is 2.94 bits per heavy atom. The number of anilines is 1. The van der Waals surface area contributed by atoms with E-state index in [0.717, 1.165) is 30.6 Å². The summed E-state index contributed by atoms with van der Waals surface area (Å²) in [5.74, 6) is 0.822. The highest BCUT2D eigenvalue weighted by Gasteiger charge is 2.14. The van der Waals surface area contributed by atoms with Crippen LogP contribution in [0, 0.1) is 0 Å². The van der Waals surface area contributed by atoms with E-state index in [9.17, 15) is 4.79 Å². The van der Waals surface area contributed by atoms with Gasteiger partial charge < -0.3 is 15.4 Å². The lowest BCUT2D eigenvalue weighted by Crippen LogP contribution is -2.23. The predicted molar refractivity (Wildman–Crippen MR) is 70.5 cm³/mol. The largest absolute Gasteiger partial charge is 0.384 e. The molecule has 0 aliphatic carbocycles. The Morgan fingerprint density at radius 2 is 2.39 bits per heavy atom. The summed E-state index contributed by atoms with van der Waals surface area (Å²) in [4.78, 5) is 12.5. The van der Waals surface area contributed by atoms with Gasteiger partial charge in [-0.15, -0.1) is 0 Å². The van der Waals surface area contributed by atoms with Gasteiger partial charge in [0.15, 0.2) is 0 Å². The normalized spacial score (nSPS) is 12.4. The first-order valence-corrected chi connectivity index (χ1v) is 6.07. The molecule has 6 heteroatoms. The molecule has 1 amide bonds.